The summed E-state index contributed by atoms with van der Waals surface area (Å²) in [4.78, 5) is 10.8. The van der Waals surface area contributed by atoms with Gasteiger partial charge >= 0.3 is 0 Å². The Morgan fingerprint density at radius 3 is 2.39 bits per heavy atom. The molecule has 1 rings (SSSR count). The SMILES string of the molecule is CC(=O)CCCC/C=C/Cc1c(C)cccc1C. The second-order valence-electron chi connectivity index (χ2n) is 4.99. The van der Waals surface area contributed by atoms with Crippen LogP contribution in [0.2, 0.25) is 0 Å². The van der Waals surface area contributed by atoms with E-state index in [1.807, 2.05) is 0 Å². The second-order valence-corrected chi connectivity index (χ2v) is 4.99. The maximum Gasteiger partial charge on any atom is 0.129 e. The van der Waals surface area contributed by atoms with Crippen molar-refractivity contribution in [3.05, 3.63) is 47.0 Å². The molecule has 0 aliphatic rings. The van der Waals surface area contributed by atoms with Gasteiger partial charge in [0.25, 0.3) is 0 Å². The predicted molar refractivity (Wildman–Crippen MR) is 77.9 cm³/mol. The highest BCUT2D eigenvalue weighted by Crippen LogP contribution is 2.14. The van der Waals surface area contributed by atoms with Crippen LogP contribution >= 0.6 is 0 Å². The van der Waals surface area contributed by atoms with Crippen molar-refractivity contribution in [1.82, 2.24) is 0 Å². The summed E-state index contributed by atoms with van der Waals surface area (Å²) in [5.41, 5.74) is 4.19. The second kappa shape index (κ2) is 7.86. The van der Waals surface area contributed by atoms with E-state index in [1.165, 1.54) is 16.7 Å². The lowest BCUT2D eigenvalue weighted by Crippen LogP contribution is -1.91. The first kappa shape index (κ1) is 14.7. The van der Waals surface area contributed by atoms with Gasteiger partial charge in [0.05, 0.1) is 0 Å². The molecule has 0 radical (unpaired) electrons. The Morgan fingerprint density at radius 1 is 1.11 bits per heavy atom. The predicted octanol–water partition coefficient (Wildman–Crippen LogP) is 4.55. The molecule has 0 N–H and O–H groups in total. The van der Waals surface area contributed by atoms with E-state index >= 15 is 0 Å². The molecule has 0 spiro atoms. The maximum absolute atomic E-state index is 10.8. The summed E-state index contributed by atoms with van der Waals surface area (Å²) in [5.74, 6) is 0.300. The van der Waals surface area contributed by atoms with Crippen molar-refractivity contribution >= 4 is 5.78 Å². The average molecular weight is 244 g/mol. The van der Waals surface area contributed by atoms with Crippen LogP contribution in [0.3, 0.4) is 0 Å². The van der Waals surface area contributed by atoms with E-state index in [1.54, 1.807) is 6.92 Å². The largest absolute Gasteiger partial charge is 0.300 e. The number of carbonyl (C=O) groups is 1. The Bertz CT molecular complexity index is 395. The van der Waals surface area contributed by atoms with Gasteiger partial charge in [0.1, 0.15) is 5.78 Å². The van der Waals surface area contributed by atoms with E-state index < -0.39 is 0 Å². The van der Waals surface area contributed by atoms with E-state index in [4.69, 9.17) is 0 Å². The molecule has 0 amide bonds. The Labute approximate surface area is 111 Å². The molecule has 0 bridgehead atoms. The highest BCUT2D eigenvalue weighted by molar-refractivity contribution is 5.75. The van der Waals surface area contributed by atoms with Gasteiger partial charge in [-0.1, -0.05) is 30.4 Å². The van der Waals surface area contributed by atoms with E-state index in [-0.39, 0.29) is 0 Å². The topological polar surface area (TPSA) is 17.1 Å². The fourth-order valence-corrected chi connectivity index (χ4v) is 2.13. The summed E-state index contributed by atoms with van der Waals surface area (Å²) >= 11 is 0. The molecule has 18 heavy (non-hydrogen) atoms. The number of hydrogen-bond donors (Lipinski definition) is 0. The van der Waals surface area contributed by atoms with Gasteiger partial charge in [0.2, 0.25) is 0 Å². The highest BCUT2D eigenvalue weighted by atomic mass is 16.1. The number of benzene rings is 1. The van der Waals surface area contributed by atoms with Crippen molar-refractivity contribution in [3.8, 4) is 0 Å². The third-order valence-corrected chi connectivity index (χ3v) is 3.28. The van der Waals surface area contributed by atoms with Crippen LogP contribution in [-0.2, 0) is 11.2 Å². The maximum atomic E-state index is 10.8. The quantitative estimate of drug-likeness (QED) is 0.508. The van der Waals surface area contributed by atoms with Gasteiger partial charge in [-0.15, -0.1) is 0 Å². The summed E-state index contributed by atoms with van der Waals surface area (Å²) < 4.78 is 0. The van der Waals surface area contributed by atoms with Crippen LogP contribution < -0.4 is 0 Å². The molecule has 98 valence electrons. The molecule has 0 saturated heterocycles. The third-order valence-electron chi connectivity index (χ3n) is 3.28. The number of rotatable bonds is 7. The van der Waals surface area contributed by atoms with Crippen LogP contribution in [0.4, 0.5) is 0 Å². The van der Waals surface area contributed by atoms with Gasteiger partial charge in [-0.05, 0) is 63.1 Å². The number of Topliss-reactive ketones (excluding diaryl/α,β-unsaturated/α-hetero) is 1. The smallest absolute Gasteiger partial charge is 0.129 e. The molecule has 0 fully saturated rings. The van der Waals surface area contributed by atoms with Crippen LogP contribution in [0.25, 0.3) is 0 Å². The molecule has 0 saturated carbocycles. The van der Waals surface area contributed by atoms with E-state index in [0.717, 1.165) is 32.1 Å². The number of ketones is 1. The normalized spacial score (nSPS) is 11.1. The van der Waals surface area contributed by atoms with Gasteiger partial charge in [0.15, 0.2) is 0 Å². The minimum Gasteiger partial charge on any atom is -0.300 e. The molecule has 0 aliphatic heterocycles. The zero-order valence-corrected chi connectivity index (χ0v) is 11.8. The summed E-state index contributed by atoms with van der Waals surface area (Å²) in [6.45, 7) is 6.00. The van der Waals surface area contributed by atoms with Crippen molar-refractivity contribution in [2.75, 3.05) is 0 Å². The molecule has 1 nitrogen and oxygen atoms in total. The Kier molecular flexibility index (Phi) is 6.42. The van der Waals surface area contributed by atoms with Crippen molar-refractivity contribution in [2.45, 2.75) is 52.9 Å². The molecule has 0 aromatic heterocycles. The van der Waals surface area contributed by atoms with Crippen LogP contribution in [0.15, 0.2) is 30.4 Å². The molecule has 0 unspecified atom stereocenters. The molecule has 1 aromatic rings. The number of allylic oxidation sites excluding steroid dienone is 2. The molecule has 0 heterocycles. The lowest BCUT2D eigenvalue weighted by Gasteiger charge is -2.06. The number of hydrogen-bond acceptors (Lipinski definition) is 1. The zero-order chi connectivity index (χ0) is 13.4. The summed E-state index contributed by atoms with van der Waals surface area (Å²) in [5, 5.41) is 0. The minimum atomic E-state index is 0.300. The Balaban J connectivity index is 2.30. The van der Waals surface area contributed by atoms with E-state index in [9.17, 15) is 4.79 Å². The first-order valence-electron chi connectivity index (χ1n) is 6.81. The number of carbonyl (C=O) groups excluding carboxylic acids is 1. The van der Waals surface area contributed by atoms with Crippen LogP contribution in [0.1, 0.15) is 49.3 Å². The van der Waals surface area contributed by atoms with E-state index in [0.29, 0.717) is 5.78 Å². The molecule has 0 atom stereocenters. The lowest BCUT2D eigenvalue weighted by atomic mass is 10.00. The monoisotopic (exact) mass is 244 g/mol. The van der Waals surface area contributed by atoms with E-state index in [2.05, 4.69) is 44.2 Å². The van der Waals surface area contributed by atoms with Crippen molar-refractivity contribution in [2.24, 2.45) is 0 Å². The van der Waals surface area contributed by atoms with Gasteiger partial charge < -0.3 is 4.79 Å². The fourth-order valence-electron chi connectivity index (χ4n) is 2.13. The Morgan fingerprint density at radius 2 is 1.78 bits per heavy atom. The average Bonchev–Trinajstić information content (AvgIpc) is 2.30. The molecular weight excluding hydrogens is 220 g/mol. The standard InChI is InChI=1S/C17H24O/c1-14-10-9-11-15(2)17(14)13-8-6-4-5-7-12-16(3)18/h6,8-11H,4-5,7,12-13H2,1-3H3/b8-6+. The number of unbranched alkanes of at least 4 members (excludes halogenated alkanes) is 2. The van der Waals surface area contributed by atoms with Crippen molar-refractivity contribution < 1.29 is 4.79 Å². The van der Waals surface area contributed by atoms with Crippen LogP contribution in [0, 0.1) is 13.8 Å². The third kappa shape index (κ3) is 5.31. The van der Waals surface area contributed by atoms with Gasteiger partial charge in [-0.2, -0.15) is 0 Å². The minimum absolute atomic E-state index is 0.300. The van der Waals surface area contributed by atoms with Gasteiger partial charge in [-0.3, -0.25) is 0 Å². The summed E-state index contributed by atoms with van der Waals surface area (Å²) in [7, 11) is 0. The van der Waals surface area contributed by atoms with Crippen molar-refractivity contribution in [1.29, 1.82) is 0 Å². The fraction of sp³-hybridized carbons (Fsp3) is 0.471. The molecule has 1 aromatic carbocycles. The molecule has 1 heteroatoms. The van der Waals surface area contributed by atoms with Gasteiger partial charge in [-0.25, -0.2) is 0 Å². The molecule has 0 aliphatic carbocycles. The highest BCUT2D eigenvalue weighted by Gasteiger charge is 1.98. The van der Waals surface area contributed by atoms with Crippen molar-refractivity contribution in [3.63, 3.8) is 0 Å². The van der Waals surface area contributed by atoms with Crippen LogP contribution in [0.5, 0.6) is 0 Å². The van der Waals surface area contributed by atoms with Crippen LogP contribution in [-0.4, -0.2) is 5.78 Å². The number of aryl methyl sites for hydroxylation is 2. The first-order chi connectivity index (χ1) is 8.61. The first-order valence-corrected chi connectivity index (χ1v) is 6.81. The lowest BCUT2D eigenvalue weighted by molar-refractivity contribution is -0.117. The summed E-state index contributed by atoms with van der Waals surface area (Å²) in [6.07, 6.45) is 9.45. The Hall–Kier alpha value is -1.37. The zero-order valence-electron chi connectivity index (χ0n) is 11.8. The summed E-state index contributed by atoms with van der Waals surface area (Å²) in [6, 6.07) is 6.45. The molecular formula is C17H24O. The van der Waals surface area contributed by atoms with Gasteiger partial charge in [0, 0.05) is 6.42 Å².